The van der Waals surface area contributed by atoms with Crippen LogP contribution in [0.3, 0.4) is 0 Å². The maximum Gasteiger partial charge on any atom is 0.251 e. The maximum absolute atomic E-state index is 12.8. The van der Waals surface area contributed by atoms with E-state index in [4.69, 9.17) is 21.1 Å². The number of aromatic amines is 1. The zero-order valence-corrected chi connectivity index (χ0v) is 17.9. The highest BCUT2D eigenvalue weighted by Crippen LogP contribution is 2.30. The molecule has 0 aliphatic rings. The van der Waals surface area contributed by atoms with E-state index < -0.39 is 0 Å². The molecule has 1 aromatic heterocycles. The first-order valence-corrected chi connectivity index (χ1v) is 10.2. The van der Waals surface area contributed by atoms with E-state index in [1.807, 2.05) is 55.5 Å². The molecule has 4 rings (SSSR count). The summed E-state index contributed by atoms with van der Waals surface area (Å²) < 4.78 is 11.3. The number of ether oxygens (including phenoxy) is 2. The molecule has 6 nitrogen and oxygen atoms in total. The SMILES string of the molecule is COc1cc(C(=O)NC(C)c2nc3ccccc3[nH]2)ccc1OCc1ccccc1Cl. The second kappa shape index (κ2) is 9.10. The number of nitrogens with zero attached hydrogens (tertiary/aromatic N) is 1. The molecule has 0 fully saturated rings. The summed E-state index contributed by atoms with van der Waals surface area (Å²) in [5, 5.41) is 3.60. The molecule has 0 radical (unpaired) electrons. The lowest BCUT2D eigenvalue weighted by molar-refractivity contribution is 0.0938. The van der Waals surface area contributed by atoms with Crippen molar-refractivity contribution in [3.63, 3.8) is 0 Å². The smallest absolute Gasteiger partial charge is 0.251 e. The number of rotatable bonds is 7. The van der Waals surface area contributed by atoms with Crippen LogP contribution < -0.4 is 14.8 Å². The van der Waals surface area contributed by atoms with E-state index in [1.54, 1.807) is 18.2 Å². The number of amides is 1. The zero-order chi connectivity index (χ0) is 21.8. The summed E-state index contributed by atoms with van der Waals surface area (Å²) >= 11 is 6.18. The highest BCUT2D eigenvalue weighted by molar-refractivity contribution is 6.31. The highest BCUT2D eigenvalue weighted by atomic mass is 35.5. The third-order valence-corrected chi connectivity index (χ3v) is 5.30. The van der Waals surface area contributed by atoms with Gasteiger partial charge in [0.05, 0.1) is 24.2 Å². The minimum Gasteiger partial charge on any atom is -0.493 e. The molecule has 2 N–H and O–H groups in total. The Balaban J connectivity index is 1.46. The Labute approximate surface area is 185 Å². The molecule has 0 saturated carbocycles. The molecular formula is C24H22ClN3O3. The van der Waals surface area contributed by atoms with Crippen molar-refractivity contribution in [2.45, 2.75) is 19.6 Å². The number of aromatic nitrogens is 2. The Morgan fingerprint density at radius 2 is 1.87 bits per heavy atom. The van der Waals surface area contributed by atoms with E-state index in [0.29, 0.717) is 34.5 Å². The van der Waals surface area contributed by atoms with Crippen LogP contribution in [0.4, 0.5) is 0 Å². The molecule has 3 aromatic carbocycles. The van der Waals surface area contributed by atoms with E-state index >= 15 is 0 Å². The molecule has 158 valence electrons. The van der Waals surface area contributed by atoms with Gasteiger partial charge in [-0.2, -0.15) is 0 Å². The quantitative estimate of drug-likeness (QED) is 0.413. The molecule has 0 spiro atoms. The average Bonchev–Trinajstić information content (AvgIpc) is 3.23. The van der Waals surface area contributed by atoms with Crippen molar-refractivity contribution in [2.24, 2.45) is 0 Å². The number of carbonyl (C=O) groups is 1. The fourth-order valence-electron chi connectivity index (χ4n) is 3.22. The Hall–Kier alpha value is -3.51. The fourth-order valence-corrected chi connectivity index (χ4v) is 3.42. The number of hydrogen-bond donors (Lipinski definition) is 2. The number of benzene rings is 3. The average molecular weight is 436 g/mol. The summed E-state index contributed by atoms with van der Waals surface area (Å²) in [6, 6.07) is 20.0. The van der Waals surface area contributed by atoms with Gasteiger partial charge in [-0.05, 0) is 43.3 Å². The van der Waals surface area contributed by atoms with Crippen molar-refractivity contribution in [3.8, 4) is 11.5 Å². The second-order valence-electron chi connectivity index (χ2n) is 7.08. The maximum atomic E-state index is 12.8. The fraction of sp³-hybridized carbons (Fsp3) is 0.167. The van der Waals surface area contributed by atoms with Crippen LogP contribution in [0.25, 0.3) is 11.0 Å². The van der Waals surface area contributed by atoms with E-state index in [2.05, 4.69) is 15.3 Å². The first-order chi connectivity index (χ1) is 15.0. The summed E-state index contributed by atoms with van der Waals surface area (Å²) in [7, 11) is 1.54. The van der Waals surface area contributed by atoms with E-state index in [0.717, 1.165) is 16.6 Å². The number of carbonyl (C=O) groups excluding carboxylic acids is 1. The molecule has 4 aromatic rings. The predicted molar refractivity (Wildman–Crippen MR) is 121 cm³/mol. The van der Waals surface area contributed by atoms with Crippen LogP contribution in [0, 0.1) is 0 Å². The number of imidazole rings is 1. The molecule has 7 heteroatoms. The van der Waals surface area contributed by atoms with Crippen LogP contribution in [-0.4, -0.2) is 23.0 Å². The lowest BCUT2D eigenvalue weighted by Crippen LogP contribution is -2.27. The number of para-hydroxylation sites is 2. The Bertz CT molecular complexity index is 1190. The number of fused-ring (bicyclic) bond motifs is 1. The molecule has 31 heavy (non-hydrogen) atoms. The number of methoxy groups -OCH3 is 1. The normalized spacial score (nSPS) is 11.8. The van der Waals surface area contributed by atoms with Crippen LogP contribution in [0.1, 0.15) is 34.7 Å². The summed E-state index contributed by atoms with van der Waals surface area (Å²) in [6.07, 6.45) is 0. The van der Waals surface area contributed by atoms with Crippen LogP contribution in [0.15, 0.2) is 66.7 Å². The van der Waals surface area contributed by atoms with Gasteiger partial charge in [-0.25, -0.2) is 4.98 Å². The first-order valence-electron chi connectivity index (χ1n) is 9.85. The third kappa shape index (κ3) is 4.64. The van der Waals surface area contributed by atoms with Crippen LogP contribution in [-0.2, 0) is 6.61 Å². The molecule has 1 heterocycles. The van der Waals surface area contributed by atoms with Crippen LogP contribution >= 0.6 is 11.6 Å². The largest absolute Gasteiger partial charge is 0.493 e. The number of H-pyrrole nitrogens is 1. The second-order valence-corrected chi connectivity index (χ2v) is 7.49. The molecular weight excluding hydrogens is 414 g/mol. The van der Waals surface area contributed by atoms with Gasteiger partial charge in [0.15, 0.2) is 11.5 Å². The Morgan fingerprint density at radius 1 is 1.10 bits per heavy atom. The monoisotopic (exact) mass is 435 g/mol. The van der Waals surface area contributed by atoms with Crippen molar-refractivity contribution >= 4 is 28.5 Å². The lowest BCUT2D eigenvalue weighted by atomic mass is 10.1. The minimum atomic E-state index is -0.290. The molecule has 0 aliphatic heterocycles. The number of hydrogen-bond acceptors (Lipinski definition) is 4. The summed E-state index contributed by atoms with van der Waals surface area (Å²) in [4.78, 5) is 20.6. The van der Waals surface area contributed by atoms with Crippen molar-refractivity contribution in [1.82, 2.24) is 15.3 Å². The van der Waals surface area contributed by atoms with Crippen molar-refractivity contribution in [1.29, 1.82) is 0 Å². The van der Waals surface area contributed by atoms with Crippen molar-refractivity contribution < 1.29 is 14.3 Å². The van der Waals surface area contributed by atoms with Crippen LogP contribution in [0.5, 0.6) is 11.5 Å². The van der Waals surface area contributed by atoms with E-state index in [1.165, 1.54) is 7.11 Å². The molecule has 1 atom stereocenters. The highest BCUT2D eigenvalue weighted by Gasteiger charge is 2.17. The first kappa shape index (κ1) is 20.8. The van der Waals surface area contributed by atoms with Gasteiger partial charge >= 0.3 is 0 Å². The van der Waals surface area contributed by atoms with Gasteiger partial charge in [0.2, 0.25) is 0 Å². The topological polar surface area (TPSA) is 76.2 Å². The zero-order valence-electron chi connectivity index (χ0n) is 17.2. The summed E-state index contributed by atoms with van der Waals surface area (Å²) in [5.74, 6) is 1.46. The molecule has 1 amide bonds. The van der Waals surface area contributed by atoms with E-state index in [-0.39, 0.29) is 11.9 Å². The Kier molecular flexibility index (Phi) is 6.09. The molecule has 1 unspecified atom stereocenters. The van der Waals surface area contributed by atoms with Crippen LogP contribution in [0.2, 0.25) is 5.02 Å². The van der Waals surface area contributed by atoms with Crippen molar-refractivity contribution in [2.75, 3.05) is 7.11 Å². The Morgan fingerprint density at radius 3 is 2.65 bits per heavy atom. The van der Waals surface area contributed by atoms with Crippen molar-refractivity contribution in [3.05, 3.63) is 88.7 Å². The standard InChI is InChI=1S/C24H22ClN3O3/c1-15(23-27-19-9-5-6-10-20(19)28-23)26-24(29)16-11-12-21(22(13-16)30-2)31-14-17-7-3-4-8-18(17)25/h3-13,15H,14H2,1-2H3,(H,26,29)(H,27,28). The lowest BCUT2D eigenvalue weighted by Gasteiger charge is -2.14. The molecule has 0 aliphatic carbocycles. The van der Waals surface area contributed by atoms with Gasteiger partial charge in [0.1, 0.15) is 12.4 Å². The van der Waals surface area contributed by atoms with Gasteiger partial charge < -0.3 is 19.8 Å². The third-order valence-electron chi connectivity index (χ3n) is 4.93. The minimum absolute atomic E-state index is 0.232. The van der Waals surface area contributed by atoms with Gasteiger partial charge in [0, 0.05) is 16.1 Å². The molecule has 0 saturated heterocycles. The van der Waals surface area contributed by atoms with Gasteiger partial charge in [-0.15, -0.1) is 0 Å². The summed E-state index contributed by atoms with van der Waals surface area (Å²) in [5.41, 5.74) is 3.12. The predicted octanol–water partition coefficient (Wildman–Crippen LogP) is 5.29. The van der Waals surface area contributed by atoms with Gasteiger partial charge in [0.25, 0.3) is 5.91 Å². The van der Waals surface area contributed by atoms with Gasteiger partial charge in [-0.1, -0.05) is 41.9 Å². The van der Waals surface area contributed by atoms with Gasteiger partial charge in [-0.3, -0.25) is 4.79 Å². The van der Waals surface area contributed by atoms with E-state index in [9.17, 15) is 4.79 Å². The molecule has 0 bridgehead atoms. The summed E-state index contributed by atoms with van der Waals surface area (Å²) in [6.45, 7) is 2.18. The number of halogens is 1. The number of nitrogens with one attached hydrogen (secondary N) is 2.